The van der Waals surface area contributed by atoms with Gasteiger partial charge in [-0.2, -0.15) is 0 Å². The first kappa shape index (κ1) is 15.9. The van der Waals surface area contributed by atoms with Crippen molar-refractivity contribution in [2.75, 3.05) is 19.3 Å². The molecule has 0 amide bonds. The van der Waals surface area contributed by atoms with Crippen LogP contribution in [-0.4, -0.2) is 38.1 Å². The number of benzene rings is 1. The summed E-state index contributed by atoms with van der Waals surface area (Å²) in [5, 5.41) is 3.34. The lowest BCUT2D eigenvalue weighted by Gasteiger charge is -2.17. The van der Waals surface area contributed by atoms with Crippen LogP contribution >= 0.6 is 15.9 Å². The summed E-state index contributed by atoms with van der Waals surface area (Å²) in [5.74, 6) is 0.206. The minimum atomic E-state index is -3.17. The van der Waals surface area contributed by atoms with Crippen LogP contribution in [0.1, 0.15) is 24.8 Å². The Bertz CT molecular complexity index is 544. The third-order valence-electron chi connectivity index (χ3n) is 3.36. The zero-order chi connectivity index (χ0) is 14.6. The monoisotopic (exact) mass is 360 g/mol. The van der Waals surface area contributed by atoms with E-state index >= 15 is 0 Å². The maximum atomic E-state index is 12.2. The lowest BCUT2D eigenvalue weighted by atomic mass is 10.2. The average Bonchev–Trinajstić information content (AvgIpc) is 3.19. The van der Waals surface area contributed by atoms with Gasteiger partial charge in [0.15, 0.2) is 0 Å². The molecule has 0 saturated heterocycles. The van der Waals surface area contributed by atoms with Crippen molar-refractivity contribution in [2.45, 2.75) is 31.8 Å². The topological polar surface area (TPSA) is 49.4 Å². The van der Waals surface area contributed by atoms with E-state index in [-0.39, 0.29) is 5.75 Å². The summed E-state index contributed by atoms with van der Waals surface area (Å²) in [6.45, 7) is 1.20. The van der Waals surface area contributed by atoms with Gasteiger partial charge in [-0.05, 0) is 43.5 Å². The molecule has 0 atom stereocenters. The Morgan fingerprint density at radius 3 is 2.80 bits per heavy atom. The molecule has 112 valence electrons. The molecule has 1 aromatic rings. The number of hydrogen-bond acceptors (Lipinski definition) is 3. The van der Waals surface area contributed by atoms with Crippen molar-refractivity contribution in [3.63, 3.8) is 0 Å². The van der Waals surface area contributed by atoms with E-state index in [1.165, 1.54) is 17.1 Å². The fourth-order valence-corrected chi connectivity index (χ4v) is 3.61. The van der Waals surface area contributed by atoms with Gasteiger partial charge >= 0.3 is 0 Å². The van der Waals surface area contributed by atoms with Gasteiger partial charge in [0, 0.05) is 24.1 Å². The molecular formula is C14H21BrN2O2S. The molecule has 0 aromatic heterocycles. The van der Waals surface area contributed by atoms with E-state index < -0.39 is 10.0 Å². The van der Waals surface area contributed by atoms with Crippen LogP contribution < -0.4 is 5.32 Å². The number of nitrogens with one attached hydrogen (secondary N) is 1. The first-order valence-electron chi connectivity index (χ1n) is 6.89. The highest BCUT2D eigenvalue weighted by Crippen LogP contribution is 2.18. The fraction of sp³-hybridized carbons (Fsp3) is 0.571. The second-order valence-corrected chi connectivity index (χ2v) is 8.40. The van der Waals surface area contributed by atoms with Crippen molar-refractivity contribution in [1.82, 2.24) is 9.62 Å². The van der Waals surface area contributed by atoms with Crippen molar-refractivity contribution < 1.29 is 8.42 Å². The molecule has 0 aliphatic heterocycles. The van der Waals surface area contributed by atoms with Gasteiger partial charge in [-0.25, -0.2) is 12.7 Å². The van der Waals surface area contributed by atoms with Gasteiger partial charge in [0.1, 0.15) is 0 Å². The molecule has 0 bridgehead atoms. The van der Waals surface area contributed by atoms with Crippen molar-refractivity contribution in [1.29, 1.82) is 0 Å². The van der Waals surface area contributed by atoms with E-state index in [4.69, 9.17) is 0 Å². The molecule has 6 heteroatoms. The van der Waals surface area contributed by atoms with Crippen molar-refractivity contribution in [3.8, 4) is 0 Å². The molecule has 1 fully saturated rings. The smallest absolute Gasteiger partial charge is 0.214 e. The van der Waals surface area contributed by atoms with E-state index in [1.807, 2.05) is 24.3 Å². The van der Waals surface area contributed by atoms with Gasteiger partial charge in [-0.1, -0.05) is 28.1 Å². The third-order valence-corrected chi connectivity index (χ3v) is 5.74. The van der Waals surface area contributed by atoms with E-state index in [0.29, 0.717) is 19.0 Å². The summed E-state index contributed by atoms with van der Waals surface area (Å²) < 4.78 is 26.7. The van der Waals surface area contributed by atoms with Crippen LogP contribution in [0.3, 0.4) is 0 Å². The molecule has 1 N–H and O–H groups in total. The quantitative estimate of drug-likeness (QED) is 0.724. The summed E-state index contributed by atoms with van der Waals surface area (Å²) in [5.41, 5.74) is 0.988. The Morgan fingerprint density at radius 1 is 1.40 bits per heavy atom. The van der Waals surface area contributed by atoms with Gasteiger partial charge in [0.2, 0.25) is 10.0 Å². The second-order valence-electron chi connectivity index (χ2n) is 5.28. The maximum absolute atomic E-state index is 12.2. The van der Waals surface area contributed by atoms with Gasteiger partial charge in [-0.15, -0.1) is 0 Å². The summed E-state index contributed by atoms with van der Waals surface area (Å²) >= 11 is 3.40. The summed E-state index contributed by atoms with van der Waals surface area (Å²) in [6, 6.07) is 8.37. The van der Waals surface area contributed by atoms with Gasteiger partial charge in [-0.3, -0.25) is 0 Å². The highest BCUT2D eigenvalue weighted by Gasteiger charge is 2.21. The van der Waals surface area contributed by atoms with Gasteiger partial charge < -0.3 is 5.32 Å². The van der Waals surface area contributed by atoms with E-state index in [9.17, 15) is 8.42 Å². The lowest BCUT2D eigenvalue weighted by Crippen LogP contribution is -2.30. The second kappa shape index (κ2) is 7.02. The molecule has 1 aliphatic carbocycles. The largest absolute Gasteiger partial charge is 0.314 e. The first-order chi connectivity index (χ1) is 9.47. The molecule has 20 heavy (non-hydrogen) atoms. The number of rotatable bonds is 8. The predicted molar refractivity (Wildman–Crippen MR) is 85.0 cm³/mol. The van der Waals surface area contributed by atoms with Crippen LogP contribution in [0.5, 0.6) is 0 Å². The third kappa shape index (κ3) is 5.16. The molecule has 1 saturated carbocycles. The Morgan fingerprint density at radius 2 is 2.15 bits per heavy atom. The number of nitrogens with zero attached hydrogens (tertiary/aromatic N) is 1. The Kier molecular flexibility index (Phi) is 5.60. The molecule has 2 rings (SSSR count). The van der Waals surface area contributed by atoms with Crippen LogP contribution in [0, 0.1) is 0 Å². The minimum Gasteiger partial charge on any atom is -0.314 e. The molecular weight excluding hydrogens is 340 g/mol. The van der Waals surface area contributed by atoms with Gasteiger partial charge in [0.25, 0.3) is 0 Å². The van der Waals surface area contributed by atoms with E-state index in [0.717, 1.165) is 16.6 Å². The van der Waals surface area contributed by atoms with Crippen LogP contribution in [0.2, 0.25) is 0 Å². The number of hydrogen-bond donors (Lipinski definition) is 1. The van der Waals surface area contributed by atoms with Crippen molar-refractivity contribution >= 4 is 26.0 Å². The van der Waals surface area contributed by atoms with E-state index in [2.05, 4.69) is 21.2 Å². The van der Waals surface area contributed by atoms with Crippen molar-refractivity contribution in [2.24, 2.45) is 0 Å². The van der Waals surface area contributed by atoms with Crippen LogP contribution in [0.25, 0.3) is 0 Å². The van der Waals surface area contributed by atoms with Crippen LogP contribution in [0.15, 0.2) is 28.7 Å². The predicted octanol–water partition coefficient (Wildman–Crippen LogP) is 2.35. The van der Waals surface area contributed by atoms with Crippen LogP contribution in [0.4, 0.5) is 0 Å². The summed E-state index contributed by atoms with van der Waals surface area (Å²) in [7, 11) is -1.53. The summed E-state index contributed by atoms with van der Waals surface area (Å²) in [4.78, 5) is 0. The van der Waals surface area contributed by atoms with Crippen LogP contribution in [-0.2, 0) is 16.6 Å². The standard InChI is InChI=1S/C14H21BrN2O2S/c1-17(11-12-4-2-5-13(15)10-12)20(18,19)9-3-8-16-14-6-7-14/h2,4-5,10,14,16H,3,6-9,11H2,1H3. The molecule has 0 unspecified atom stereocenters. The zero-order valence-corrected chi connectivity index (χ0v) is 14.1. The van der Waals surface area contributed by atoms with Crippen molar-refractivity contribution in [3.05, 3.63) is 34.3 Å². The average molecular weight is 361 g/mol. The van der Waals surface area contributed by atoms with Gasteiger partial charge in [0.05, 0.1) is 5.75 Å². The zero-order valence-electron chi connectivity index (χ0n) is 11.7. The highest BCUT2D eigenvalue weighted by molar-refractivity contribution is 9.10. The normalized spacial score (nSPS) is 15.8. The molecule has 4 nitrogen and oxygen atoms in total. The first-order valence-corrected chi connectivity index (χ1v) is 9.29. The maximum Gasteiger partial charge on any atom is 0.214 e. The molecule has 0 heterocycles. The van der Waals surface area contributed by atoms with E-state index in [1.54, 1.807) is 7.05 Å². The Labute approximate surface area is 129 Å². The molecule has 1 aliphatic rings. The minimum absolute atomic E-state index is 0.206. The lowest BCUT2D eigenvalue weighted by molar-refractivity contribution is 0.464. The Balaban J connectivity index is 1.80. The molecule has 0 spiro atoms. The number of sulfonamides is 1. The fourth-order valence-electron chi connectivity index (χ4n) is 1.99. The number of halogens is 1. The SMILES string of the molecule is CN(Cc1cccc(Br)c1)S(=O)(=O)CCCNC1CC1. The molecule has 1 aromatic carbocycles. The summed E-state index contributed by atoms with van der Waals surface area (Å²) in [6.07, 6.45) is 3.13. The highest BCUT2D eigenvalue weighted by atomic mass is 79.9. The Hall–Kier alpha value is -0.430. The molecule has 0 radical (unpaired) electrons.